The van der Waals surface area contributed by atoms with Gasteiger partial charge >= 0.3 is 0 Å². The first-order valence-corrected chi connectivity index (χ1v) is 7.29. The van der Waals surface area contributed by atoms with E-state index in [2.05, 4.69) is 27.1 Å². The first kappa shape index (κ1) is 15.2. The van der Waals surface area contributed by atoms with Crippen molar-refractivity contribution in [2.75, 3.05) is 11.9 Å². The Labute approximate surface area is 127 Å². The molecule has 2 rings (SSSR count). The van der Waals surface area contributed by atoms with Gasteiger partial charge in [-0.25, -0.2) is 9.97 Å². The Morgan fingerprint density at radius 3 is 3.00 bits per heavy atom. The number of hydrogen-bond donors (Lipinski definition) is 2. The molecule has 0 aliphatic heterocycles. The maximum atomic E-state index is 12.3. The molecule has 6 heteroatoms. The van der Waals surface area contributed by atoms with E-state index in [0.29, 0.717) is 10.7 Å². The first-order chi connectivity index (χ1) is 10.2. The number of nitrogens with zero attached hydrogens (tertiary/aromatic N) is 2. The molecule has 0 bridgehead atoms. The number of anilines is 1. The van der Waals surface area contributed by atoms with E-state index in [9.17, 15) is 4.79 Å². The molecule has 108 valence electrons. The average molecular weight is 301 g/mol. The van der Waals surface area contributed by atoms with Crippen LogP contribution in [0.5, 0.6) is 0 Å². The van der Waals surface area contributed by atoms with Crippen molar-refractivity contribution in [1.29, 1.82) is 0 Å². The second-order valence-corrected chi connectivity index (χ2v) is 5.39. The lowest BCUT2D eigenvalue weighted by molar-refractivity contribution is 0.102. The van der Waals surface area contributed by atoms with Crippen molar-refractivity contribution >= 4 is 22.4 Å². The highest BCUT2D eigenvalue weighted by Gasteiger charge is 2.14. The summed E-state index contributed by atoms with van der Waals surface area (Å²) >= 11 is 1.44. The zero-order valence-corrected chi connectivity index (χ0v) is 12.6. The number of rotatable bonds is 3. The quantitative estimate of drug-likeness (QED) is 0.850. The van der Waals surface area contributed by atoms with Crippen LogP contribution >= 0.6 is 11.3 Å². The molecule has 21 heavy (non-hydrogen) atoms. The van der Waals surface area contributed by atoms with E-state index in [1.54, 1.807) is 12.1 Å². The van der Waals surface area contributed by atoms with Gasteiger partial charge in [-0.2, -0.15) is 0 Å². The van der Waals surface area contributed by atoms with Crippen molar-refractivity contribution in [2.24, 2.45) is 0 Å². The number of thiazole rings is 1. The van der Waals surface area contributed by atoms with Crippen molar-refractivity contribution in [3.63, 3.8) is 0 Å². The molecule has 1 amide bonds. The molecule has 0 aliphatic carbocycles. The van der Waals surface area contributed by atoms with Crippen LogP contribution in [0.3, 0.4) is 0 Å². The molecule has 0 unspecified atom stereocenters. The van der Waals surface area contributed by atoms with Crippen molar-refractivity contribution in [3.8, 4) is 11.8 Å². The summed E-state index contributed by atoms with van der Waals surface area (Å²) in [5, 5.41) is 12.1. The highest BCUT2D eigenvalue weighted by atomic mass is 32.1. The zero-order valence-electron chi connectivity index (χ0n) is 11.8. The van der Waals surface area contributed by atoms with Crippen molar-refractivity contribution in [1.82, 2.24) is 9.97 Å². The van der Waals surface area contributed by atoms with E-state index in [0.717, 1.165) is 17.0 Å². The Balaban J connectivity index is 2.24. The fourth-order valence-electron chi connectivity index (χ4n) is 1.79. The molecule has 0 saturated heterocycles. The van der Waals surface area contributed by atoms with Crippen LogP contribution in [0.4, 0.5) is 5.13 Å². The van der Waals surface area contributed by atoms with Gasteiger partial charge in [-0.05, 0) is 25.5 Å². The van der Waals surface area contributed by atoms with Crippen LogP contribution in [0.15, 0.2) is 18.3 Å². The zero-order chi connectivity index (χ0) is 15.2. The molecule has 0 radical (unpaired) electrons. The Kier molecular flexibility index (Phi) is 5.04. The number of amides is 1. The molecular formula is C15H15N3O2S. The smallest absolute Gasteiger partial charge is 0.277 e. The number of aliphatic hydroxyl groups is 1. The number of hydrogen-bond acceptors (Lipinski definition) is 5. The monoisotopic (exact) mass is 301 g/mol. The maximum Gasteiger partial charge on any atom is 0.277 e. The standard InChI is InChI=1S/C15H15N3O2S/c1-3-12-10(2)21-15(17-12)18-14(20)13-11(7-5-9-19)6-4-8-16-13/h4,6,8,19H,3,9H2,1-2H3,(H,17,18,20). The Morgan fingerprint density at radius 1 is 1.52 bits per heavy atom. The summed E-state index contributed by atoms with van der Waals surface area (Å²) in [6.45, 7) is 3.74. The van der Waals surface area contributed by atoms with Gasteiger partial charge in [-0.15, -0.1) is 11.3 Å². The molecular weight excluding hydrogens is 286 g/mol. The van der Waals surface area contributed by atoms with Crippen molar-refractivity contribution in [2.45, 2.75) is 20.3 Å². The molecule has 2 aromatic heterocycles. The SMILES string of the molecule is CCc1nc(NC(=O)c2ncccc2C#CCO)sc1C. The molecule has 0 fully saturated rings. The number of carbonyl (C=O) groups is 1. The van der Waals surface area contributed by atoms with Gasteiger partial charge in [-0.3, -0.25) is 10.1 Å². The summed E-state index contributed by atoms with van der Waals surface area (Å²) in [4.78, 5) is 21.8. The van der Waals surface area contributed by atoms with Gasteiger partial charge in [-0.1, -0.05) is 18.8 Å². The lowest BCUT2D eigenvalue weighted by atomic mass is 10.2. The van der Waals surface area contributed by atoms with E-state index >= 15 is 0 Å². The Morgan fingerprint density at radius 2 is 2.33 bits per heavy atom. The topological polar surface area (TPSA) is 75.1 Å². The highest BCUT2D eigenvalue weighted by molar-refractivity contribution is 7.15. The third-order valence-electron chi connectivity index (χ3n) is 2.77. The van der Waals surface area contributed by atoms with E-state index in [-0.39, 0.29) is 18.2 Å². The largest absolute Gasteiger partial charge is 0.384 e. The maximum absolute atomic E-state index is 12.3. The summed E-state index contributed by atoms with van der Waals surface area (Å²) in [5.74, 6) is 4.88. The number of aliphatic hydroxyl groups excluding tert-OH is 1. The fourth-order valence-corrected chi connectivity index (χ4v) is 2.69. The predicted molar refractivity (Wildman–Crippen MR) is 82.4 cm³/mol. The fraction of sp³-hybridized carbons (Fsp3) is 0.267. The van der Waals surface area contributed by atoms with Crippen LogP contribution < -0.4 is 5.32 Å². The van der Waals surface area contributed by atoms with Crippen molar-refractivity contribution in [3.05, 3.63) is 40.2 Å². The normalized spacial score (nSPS) is 9.86. The third-order valence-corrected chi connectivity index (χ3v) is 3.70. The van der Waals surface area contributed by atoms with Gasteiger partial charge in [0.25, 0.3) is 5.91 Å². The van der Waals surface area contributed by atoms with Gasteiger partial charge in [0.1, 0.15) is 12.3 Å². The minimum atomic E-state index is -0.353. The lowest BCUT2D eigenvalue weighted by Crippen LogP contribution is -2.15. The molecule has 0 atom stereocenters. The molecule has 2 aromatic rings. The van der Waals surface area contributed by atoms with Gasteiger partial charge in [0.2, 0.25) is 0 Å². The number of nitrogens with one attached hydrogen (secondary N) is 1. The molecule has 2 heterocycles. The van der Waals surface area contributed by atoms with Crippen LogP contribution in [-0.4, -0.2) is 27.6 Å². The van der Waals surface area contributed by atoms with Gasteiger partial charge < -0.3 is 5.11 Å². The second kappa shape index (κ2) is 6.97. The van der Waals surface area contributed by atoms with Gasteiger partial charge in [0.05, 0.1) is 11.3 Å². The molecule has 5 nitrogen and oxygen atoms in total. The van der Waals surface area contributed by atoms with Crippen LogP contribution in [0, 0.1) is 18.8 Å². The number of pyridine rings is 1. The summed E-state index contributed by atoms with van der Waals surface area (Å²) in [6, 6.07) is 3.38. The van der Waals surface area contributed by atoms with Gasteiger partial charge in [0, 0.05) is 11.1 Å². The van der Waals surface area contributed by atoms with Gasteiger partial charge in [0.15, 0.2) is 5.13 Å². The first-order valence-electron chi connectivity index (χ1n) is 6.48. The second-order valence-electron chi connectivity index (χ2n) is 4.19. The van der Waals surface area contributed by atoms with Crippen LogP contribution in [-0.2, 0) is 6.42 Å². The molecule has 0 aliphatic rings. The van der Waals surface area contributed by atoms with Crippen LogP contribution in [0.2, 0.25) is 0 Å². The number of aromatic nitrogens is 2. The average Bonchev–Trinajstić information content (AvgIpc) is 2.85. The molecule has 0 aromatic carbocycles. The van der Waals surface area contributed by atoms with E-state index in [4.69, 9.17) is 5.11 Å². The lowest BCUT2D eigenvalue weighted by Gasteiger charge is -2.03. The third kappa shape index (κ3) is 3.66. The van der Waals surface area contributed by atoms with E-state index in [1.807, 2.05) is 13.8 Å². The molecule has 0 spiro atoms. The van der Waals surface area contributed by atoms with E-state index < -0.39 is 0 Å². The summed E-state index contributed by atoms with van der Waals surface area (Å²) in [6.07, 6.45) is 2.36. The minimum absolute atomic E-state index is 0.226. The summed E-state index contributed by atoms with van der Waals surface area (Å²) < 4.78 is 0. The predicted octanol–water partition coefficient (Wildman–Crippen LogP) is 2.01. The Bertz CT molecular complexity index is 713. The highest BCUT2D eigenvalue weighted by Crippen LogP contribution is 2.22. The number of carbonyl (C=O) groups excluding carboxylic acids is 1. The van der Waals surface area contributed by atoms with Crippen molar-refractivity contribution < 1.29 is 9.90 Å². The van der Waals surface area contributed by atoms with Crippen LogP contribution in [0.1, 0.15) is 33.5 Å². The van der Waals surface area contributed by atoms with E-state index in [1.165, 1.54) is 17.5 Å². The number of aryl methyl sites for hydroxylation is 2. The summed E-state index contributed by atoms with van der Waals surface area (Å²) in [5.41, 5.74) is 1.69. The Hall–Kier alpha value is -2.23. The molecule has 0 saturated carbocycles. The van der Waals surface area contributed by atoms with Crippen LogP contribution in [0.25, 0.3) is 0 Å². The minimum Gasteiger partial charge on any atom is -0.384 e. The summed E-state index contributed by atoms with van der Waals surface area (Å²) in [7, 11) is 0. The molecule has 2 N–H and O–H groups in total.